The molecule has 2 aromatic carbocycles. The fourth-order valence-corrected chi connectivity index (χ4v) is 9.68. The molecule has 4 heterocycles. The van der Waals surface area contributed by atoms with Crippen molar-refractivity contribution in [3.63, 3.8) is 0 Å². The molecule has 2 saturated heterocycles. The third-order valence-electron chi connectivity index (χ3n) is 12.5. The van der Waals surface area contributed by atoms with E-state index in [2.05, 4.69) is 57.0 Å². The molecule has 57 heavy (non-hydrogen) atoms. The minimum Gasteiger partial charge on any atom is -0.453 e. The first-order valence-corrected chi connectivity index (χ1v) is 20.3. The molecule has 4 aromatic rings. The zero-order chi connectivity index (χ0) is 39.8. The number of imidazole rings is 2. The van der Waals surface area contributed by atoms with E-state index in [0.29, 0.717) is 24.9 Å². The third-order valence-corrected chi connectivity index (χ3v) is 12.5. The second-order valence-corrected chi connectivity index (χ2v) is 15.9. The molecule has 6 atom stereocenters. The van der Waals surface area contributed by atoms with Crippen LogP contribution in [0.15, 0.2) is 48.8 Å². The van der Waals surface area contributed by atoms with E-state index in [1.165, 1.54) is 54.9 Å². The van der Waals surface area contributed by atoms with E-state index in [1.54, 1.807) is 13.8 Å². The fourth-order valence-electron chi connectivity index (χ4n) is 9.68. The molecule has 1 unspecified atom stereocenters. The lowest BCUT2D eigenvalue weighted by Crippen LogP contribution is -2.49. The van der Waals surface area contributed by atoms with E-state index in [9.17, 15) is 19.2 Å². The van der Waals surface area contributed by atoms with Crippen LogP contribution >= 0.6 is 0 Å². The number of carbonyl (C=O) groups is 4. The molecule has 4 N–H and O–H groups in total. The van der Waals surface area contributed by atoms with Gasteiger partial charge in [-0.25, -0.2) is 19.6 Å². The predicted molar refractivity (Wildman–Crippen MR) is 213 cm³/mol. The van der Waals surface area contributed by atoms with E-state index >= 15 is 0 Å². The van der Waals surface area contributed by atoms with Crippen molar-refractivity contribution in [2.24, 2.45) is 0 Å². The van der Waals surface area contributed by atoms with Crippen LogP contribution in [-0.2, 0) is 19.1 Å². The molecule has 3 fully saturated rings. The van der Waals surface area contributed by atoms with Gasteiger partial charge < -0.3 is 39.9 Å². The Hall–Kier alpha value is -5.66. The molecule has 2 aromatic heterocycles. The topological polar surface area (TPSA) is 175 Å². The molecule has 1 saturated carbocycles. The quantitative estimate of drug-likeness (QED) is 0.139. The number of fused-ring (bicyclic) bond motifs is 5. The molecule has 2 aliphatic heterocycles. The van der Waals surface area contributed by atoms with Crippen molar-refractivity contribution in [3.8, 4) is 33.6 Å². The van der Waals surface area contributed by atoms with Crippen molar-refractivity contribution in [1.82, 2.24) is 40.4 Å². The van der Waals surface area contributed by atoms with Crippen LogP contribution in [-0.4, -0.2) is 93.1 Å². The summed E-state index contributed by atoms with van der Waals surface area (Å²) >= 11 is 0. The van der Waals surface area contributed by atoms with Gasteiger partial charge in [0.05, 0.1) is 50.1 Å². The summed E-state index contributed by atoms with van der Waals surface area (Å²) in [7, 11) is 2.58. The van der Waals surface area contributed by atoms with Crippen LogP contribution < -0.4 is 10.6 Å². The van der Waals surface area contributed by atoms with Crippen molar-refractivity contribution >= 4 is 24.0 Å². The molecule has 0 radical (unpaired) electrons. The average Bonchev–Trinajstić information content (AvgIpc) is 4.09. The van der Waals surface area contributed by atoms with Gasteiger partial charge in [-0.3, -0.25) is 9.59 Å². The van der Waals surface area contributed by atoms with Gasteiger partial charge in [-0.05, 0) is 111 Å². The number of piperidine rings is 2. The van der Waals surface area contributed by atoms with E-state index in [4.69, 9.17) is 19.4 Å². The highest BCUT2D eigenvalue weighted by molar-refractivity contribution is 5.86. The summed E-state index contributed by atoms with van der Waals surface area (Å²) in [6, 6.07) is 11.3. The monoisotopic (exact) mass is 776 g/mol. The lowest BCUT2D eigenvalue weighted by molar-refractivity contribution is -0.137. The van der Waals surface area contributed by atoms with Crippen molar-refractivity contribution in [1.29, 1.82) is 0 Å². The highest BCUT2D eigenvalue weighted by Crippen LogP contribution is 2.58. The first kappa shape index (κ1) is 38.2. The summed E-state index contributed by atoms with van der Waals surface area (Å²) < 4.78 is 9.42. The number of nitrogens with one attached hydrogen (secondary N) is 4. The van der Waals surface area contributed by atoms with Crippen LogP contribution in [0.4, 0.5) is 9.59 Å². The number of alkyl carbamates (subject to hydrolysis) is 2. The molecule has 8 rings (SSSR count). The van der Waals surface area contributed by atoms with Crippen molar-refractivity contribution < 1.29 is 28.7 Å². The number of nitrogens with zero attached hydrogens (tertiary/aromatic N) is 4. The van der Waals surface area contributed by atoms with Gasteiger partial charge >= 0.3 is 12.2 Å². The number of hydrogen-bond acceptors (Lipinski definition) is 8. The maximum Gasteiger partial charge on any atom is 0.407 e. The number of carbonyl (C=O) groups excluding carboxylic acids is 4. The van der Waals surface area contributed by atoms with Gasteiger partial charge in [0.1, 0.15) is 23.7 Å². The van der Waals surface area contributed by atoms with Gasteiger partial charge in [0.2, 0.25) is 11.8 Å². The van der Waals surface area contributed by atoms with Crippen LogP contribution in [0, 0.1) is 0 Å². The number of benzene rings is 2. The molecule has 300 valence electrons. The number of aromatic nitrogens is 4. The van der Waals surface area contributed by atoms with Gasteiger partial charge in [0, 0.05) is 18.7 Å². The van der Waals surface area contributed by atoms with Crippen LogP contribution in [0.3, 0.4) is 0 Å². The smallest absolute Gasteiger partial charge is 0.407 e. The average molecular weight is 777 g/mol. The molecule has 2 aliphatic carbocycles. The fraction of sp³-hybridized carbons (Fsp3) is 0.488. The molecule has 14 heteroatoms. The summed E-state index contributed by atoms with van der Waals surface area (Å²) in [5, 5.41) is 5.22. The third kappa shape index (κ3) is 7.37. The van der Waals surface area contributed by atoms with Crippen molar-refractivity contribution in [2.45, 2.75) is 108 Å². The van der Waals surface area contributed by atoms with Gasteiger partial charge in [-0.15, -0.1) is 0 Å². The number of likely N-dealkylation sites (tertiary alicyclic amines) is 2. The molecule has 4 aliphatic rings. The summed E-state index contributed by atoms with van der Waals surface area (Å²) in [4.78, 5) is 70.8. The SMILES string of the molecule is COC(=O)N[C@@H](C)C(=O)N1CCCC[C@H]1c1ncc(-c2ccc(-c3ccc(-c4cnc([C@@H]5CCCCN5C(=O)[C@H](C)NC(=O)OC)[nH]4)c4c3[C@H]3CCC4C3)cc2)[nH]1. The number of rotatable bonds is 9. The number of aromatic amines is 2. The van der Waals surface area contributed by atoms with Gasteiger partial charge in [0.15, 0.2) is 0 Å². The Bertz CT molecular complexity index is 2140. The molecule has 0 spiro atoms. The number of methoxy groups -OCH3 is 2. The maximum atomic E-state index is 13.5. The second kappa shape index (κ2) is 16.1. The first-order chi connectivity index (χ1) is 27.6. The van der Waals surface area contributed by atoms with Gasteiger partial charge in [-0.1, -0.05) is 36.4 Å². The van der Waals surface area contributed by atoms with Gasteiger partial charge in [-0.2, -0.15) is 0 Å². The molecule has 14 nitrogen and oxygen atoms in total. The summed E-state index contributed by atoms with van der Waals surface area (Å²) in [6.45, 7) is 4.57. The Morgan fingerprint density at radius 2 is 1.12 bits per heavy atom. The van der Waals surface area contributed by atoms with Crippen LogP contribution in [0.25, 0.3) is 33.6 Å². The second-order valence-electron chi connectivity index (χ2n) is 15.9. The van der Waals surface area contributed by atoms with Crippen molar-refractivity contribution in [2.75, 3.05) is 27.3 Å². The summed E-state index contributed by atoms with van der Waals surface area (Å²) in [6.07, 6.45) is 11.4. The van der Waals surface area contributed by atoms with Crippen molar-refractivity contribution in [3.05, 3.63) is 71.6 Å². The van der Waals surface area contributed by atoms with E-state index in [-0.39, 0.29) is 23.9 Å². The minimum atomic E-state index is -0.708. The van der Waals surface area contributed by atoms with E-state index in [1.807, 2.05) is 22.2 Å². The summed E-state index contributed by atoms with van der Waals surface area (Å²) in [5.74, 6) is 2.23. The zero-order valence-corrected chi connectivity index (χ0v) is 33.1. The van der Waals surface area contributed by atoms with Crippen LogP contribution in [0.2, 0.25) is 0 Å². The highest BCUT2D eigenvalue weighted by Gasteiger charge is 2.41. The largest absolute Gasteiger partial charge is 0.453 e. The van der Waals surface area contributed by atoms with Gasteiger partial charge in [0.25, 0.3) is 0 Å². The Labute approximate surface area is 332 Å². The van der Waals surface area contributed by atoms with E-state index in [0.717, 1.165) is 73.5 Å². The number of hydrogen-bond donors (Lipinski definition) is 4. The Morgan fingerprint density at radius 3 is 1.67 bits per heavy atom. The lowest BCUT2D eigenvalue weighted by atomic mass is 9.82. The van der Waals surface area contributed by atoms with Crippen LogP contribution in [0.1, 0.15) is 118 Å². The molecular weight excluding hydrogens is 725 g/mol. The Balaban J connectivity index is 1.02. The Morgan fingerprint density at radius 1 is 0.649 bits per heavy atom. The number of H-pyrrole nitrogens is 2. The number of ether oxygens (including phenoxy) is 2. The molecule has 4 amide bonds. The van der Waals surface area contributed by atoms with E-state index < -0.39 is 24.3 Å². The molecular formula is C43H52N8O6. The minimum absolute atomic E-state index is 0.145. The molecule has 2 bridgehead atoms. The standard InChI is InChI=1S/C43H52N8O6/c1-24(46-42(54)56-3)40(52)50-19-7-5-9-34(50)38-44-22-32(48-38)27-13-11-26(12-14-27)30-17-18-31(37-29-16-15-28(21-29)36(30)37)33-23-45-39(49-33)35-10-6-8-20-51(35)41(53)25(2)47-43(55)57-4/h11-14,17-18,22-25,28-29,34-35H,5-10,15-16,19-21H2,1-4H3,(H,44,48)(H,45,49)(H,46,54)(H,47,55)/t24-,25-,28-,29?,34-,35-/m0/s1. The highest BCUT2D eigenvalue weighted by atomic mass is 16.5. The predicted octanol–water partition coefficient (Wildman–Crippen LogP) is 7.09. The first-order valence-electron chi connectivity index (χ1n) is 20.3. The summed E-state index contributed by atoms with van der Waals surface area (Å²) in [5.41, 5.74) is 9.33. The zero-order valence-electron chi connectivity index (χ0n) is 33.1. The number of amides is 4. The van der Waals surface area contributed by atoms with Crippen LogP contribution in [0.5, 0.6) is 0 Å². The lowest BCUT2D eigenvalue weighted by Gasteiger charge is -2.36. The normalized spacial score (nSPS) is 22.4. The Kier molecular flexibility index (Phi) is 10.8. The maximum absolute atomic E-state index is 13.5.